The van der Waals surface area contributed by atoms with Gasteiger partial charge in [0.05, 0.1) is 5.69 Å². The lowest BCUT2D eigenvalue weighted by molar-refractivity contribution is 0.660. The summed E-state index contributed by atoms with van der Waals surface area (Å²) in [5.41, 5.74) is 16.7. The van der Waals surface area contributed by atoms with Crippen molar-refractivity contribution in [1.29, 1.82) is 0 Å². The molecule has 8 aromatic rings. The van der Waals surface area contributed by atoms with Gasteiger partial charge < -0.3 is 4.90 Å². The topological polar surface area (TPSA) is 3.24 Å². The molecule has 0 fully saturated rings. The Kier molecular flexibility index (Phi) is 6.21. The molecule has 0 spiro atoms. The fraction of sp³-hybridized carbons (Fsp3) is 0.125. The van der Waals surface area contributed by atoms with Crippen LogP contribution in [-0.4, -0.2) is 0 Å². The maximum absolute atomic E-state index is 2.52. The van der Waals surface area contributed by atoms with Crippen molar-refractivity contribution in [2.24, 2.45) is 0 Å². The zero-order chi connectivity index (χ0) is 33.8. The van der Waals surface area contributed by atoms with Crippen molar-refractivity contribution in [2.75, 3.05) is 4.90 Å². The summed E-state index contributed by atoms with van der Waals surface area (Å²) in [5.74, 6) is 0. The number of nitrogens with zero attached hydrogens (tertiary/aromatic N) is 1. The van der Waals surface area contributed by atoms with Gasteiger partial charge in [0.25, 0.3) is 0 Å². The lowest BCUT2D eigenvalue weighted by Gasteiger charge is -2.30. The molecule has 0 saturated carbocycles. The highest BCUT2D eigenvalue weighted by atomic mass is 32.1. The van der Waals surface area contributed by atoms with Gasteiger partial charge in [-0.1, -0.05) is 137 Å². The van der Waals surface area contributed by atoms with E-state index in [1.165, 1.54) is 87.2 Å². The molecule has 0 N–H and O–H groups in total. The zero-order valence-electron chi connectivity index (χ0n) is 28.8. The van der Waals surface area contributed by atoms with Gasteiger partial charge in [0.15, 0.2) is 0 Å². The Bertz CT molecular complexity index is 2670. The largest absolute Gasteiger partial charge is 0.310 e. The van der Waals surface area contributed by atoms with Crippen molar-refractivity contribution in [3.63, 3.8) is 0 Å². The molecular weight excluding hydrogens is 623 g/mol. The summed E-state index contributed by atoms with van der Waals surface area (Å²) in [4.78, 5) is 2.52. The Hall–Kier alpha value is -5.44. The van der Waals surface area contributed by atoms with E-state index < -0.39 is 0 Å². The van der Waals surface area contributed by atoms with E-state index in [-0.39, 0.29) is 10.8 Å². The average molecular weight is 660 g/mol. The van der Waals surface area contributed by atoms with Crippen molar-refractivity contribution in [1.82, 2.24) is 0 Å². The highest BCUT2D eigenvalue weighted by Gasteiger charge is 2.39. The lowest BCUT2D eigenvalue weighted by atomic mass is 9.82. The molecule has 1 aromatic heterocycles. The number of hydrogen-bond acceptors (Lipinski definition) is 2. The second-order valence-corrected chi connectivity index (χ2v) is 16.0. The number of thiophene rings is 1. The number of hydrogen-bond donors (Lipinski definition) is 0. The molecule has 0 unspecified atom stereocenters. The van der Waals surface area contributed by atoms with Crippen LogP contribution in [0.15, 0.2) is 152 Å². The first-order valence-electron chi connectivity index (χ1n) is 17.6. The summed E-state index contributed by atoms with van der Waals surface area (Å²) < 4.78 is 2.65. The van der Waals surface area contributed by atoms with Crippen LogP contribution in [-0.2, 0) is 10.8 Å². The summed E-state index contributed by atoms with van der Waals surface area (Å²) in [6.45, 7) is 9.48. The molecule has 2 aliphatic carbocycles. The molecule has 0 radical (unpaired) electrons. The number of anilines is 3. The van der Waals surface area contributed by atoms with Crippen molar-refractivity contribution in [2.45, 2.75) is 38.5 Å². The monoisotopic (exact) mass is 659 g/mol. The summed E-state index contributed by atoms with van der Waals surface area (Å²) in [6.07, 6.45) is 0. The van der Waals surface area contributed by atoms with Crippen LogP contribution < -0.4 is 4.90 Å². The fourth-order valence-corrected chi connectivity index (χ4v) is 10.1. The summed E-state index contributed by atoms with van der Waals surface area (Å²) >= 11 is 1.88. The Morgan fingerprint density at radius 2 is 1.04 bits per heavy atom. The van der Waals surface area contributed by atoms with E-state index in [0.29, 0.717) is 0 Å². The van der Waals surface area contributed by atoms with Gasteiger partial charge >= 0.3 is 0 Å². The van der Waals surface area contributed by atoms with Crippen LogP contribution in [0.3, 0.4) is 0 Å². The third-order valence-corrected chi connectivity index (χ3v) is 12.6. The highest BCUT2D eigenvalue weighted by Crippen LogP contribution is 2.56. The second-order valence-electron chi connectivity index (χ2n) is 14.9. The number of fused-ring (bicyclic) bond motifs is 9. The second kappa shape index (κ2) is 10.5. The van der Waals surface area contributed by atoms with Crippen molar-refractivity contribution < 1.29 is 0 Å². The maximum Gasteiger partial charge on any atom is 0.0543 e. The van der Waals surface area contributed by atoms with E-state index in [1.54, 1.807) is 0 Å². The minimum atomic E-state index is -0.0989. The van der Waals surface area contributed by atoms with Gasteiger partial charge in [-0.2, -0.15) is 0 Å². The summed E-state index contributed by atoms with van der Waals surface area (Å²) in [6, 6.07) is 56.7. The number of benzene rings is 7. The van der Waals surface area contributed by atoms with Crippen molar-refractivity contribution >= 4 is 48.6 Å². The Balaban J connectivity index is 1.23. The first-order valence-corrected chi connectivity index (χ1v) is 18.4. The summed E-state index contributed by atoms with van der Waals surface area (Å²) in [7, 11) is 0. The van der Waals surface area contributed by atoms with Crippen LogP contribution in [0.25, 0.3) is 53.6 Å². The predicted octanol–water partition coefficient (Wildman–Crippen LogP) is 13.8. The minimum absolute atomic E-state index is 0.0906. The van der Waals surface area contributed by atoms with E-state index in [0.717, 1.165) is 5.69 Å². The van der Waals surface area contributed by atoms with Gasteiger partial charge in [-0.05, 0) is 92.5 Å². The molecule has 0 bridgehead atoms. The van der Waals surface area contributed by atoms with E-state index >= 15 is 0 Å². The van der Waals surface area contributed by atoms with Crippen molar-refractivity contribution in [3.8, 4) is 33.4 Å². The third-order valence-electron chi connectivity index (χ3n) is 11.5. The fourth-order valence-electron chi connectivity index (χ4n) is 9.01. The highest BCUT2D eigenvalue weighted by molar-refractivity contribution is 7.25. The predicted molar refractivity (Wildman–Crippen MR) is 215 cm³/mol. The van der Waals surface area contributed by atoms with Crippen LogP contribution in [0.1, 0.15) is 49.9 Å². The maximum atomic E-state index is 2.52. The molecule has 7 aromatic carbocycles. The molecule has 2 aliphatic rings. The van der Waals surface area contributed by atoms with E-state index in [4.69, 9.17) is 0 Å². The minimum Gasteiger partial charge on any atom is -0.310 e. The van der Waals surface area contributed by atoms with Gasteiger partial charge in [0.1, 0.15) is 0 Å². The van der Waals surface area contributed by atoms with E-state index in [2.05, 4.69) is 184 Å². The van der Waals surface area contributed by atoms with Gasteiger partial charge in [0.2, 0.25) is 0 Å². The lowest BCUT2D eigenvalue weighted by Crippen LogP contribution is -2.17. The first-order chi connectivity index (χ1) is 24.3. The molecular formula is C48H37NS. The first kappa shape index (κ1) is 29.5. The van der Waals surface area contributed by atoms with Crippen LogP contribution in [0.5, 0.6) is 0 Å². The van der Waals surface area contributed by atoms with Gasteiger partial charge in [-0.3, -0.25) is 0 Å². The van der Waals surface area contributed by atoms with Crippen LogP contribution in [0.2, 0.25) is 0 Å². The molecule has 1 nitrogen and oxygen atoms in total. The van der Waals surface area contributed by atoms with E-state index in [9.17, 15) is 0 Å². The van der Waals surface area contributed by atoms with Gasteiger partial charge in [-0.15, -0.1) is 11.3 Å². The molecule has 10 rings (SSSR count). The third kappa shape index (κ3) is 4.06. The quantitative estimate of drug-likeness (QED) is 0.182. The smallest absolute Gasteiger partial charge is 0.0543 e. The van der Waals surface area contributed by atoms with E-state index in [1.807, 2.05) is 11.3 Å². The Morgan fingerprint density at radius 1 is 0.440 bits per heavy atom. The normalized spacial score (nSPS) is 14.7. The molecule has 1 heterocycles. The van der Waals surface area contributed by atoms with Gasteiger partial charge in [-0.25, -0.2) is 0 Å². The molecule has 240 valence electrons. The average Bonchev–Trinajstić information content (AvgIpc) is 3.72. The molecule has 0 saturated heterocycles. The summed E-state index contributed by atoms with van der Waals surface area (Å²) in [5, 5.41) is 2.66. The van der Waals surface area contributed by atoms with Crippen LogP contribution >= 0.6 is 11.3 Å². The van der Waals surface area contributed by atoms with Crippen LogP contribution in [0, 0.1) is 0 Å². The molecule has 50 heavy (non-hydrogen) atoms. The number of rotatable bonds is 4. The standard InChI is InChI=1S/C48H37NS/c1-47(2)39-21-9-6-17-36(39)46-40(47)22-13-23-42(46)49(32-26-27-35-34-16-5-8-20-38(34)48(3,4)41(35)29-32)31-15-11-14-30(28-31)33-19-12-25-44-45(33)37-18-7-10-24-43(37)50-44/h5-29H,1-4H3. The molecule has 0 aliphatic heterocycles. The Labute approximate surface area is 298 Å². The molecule has 2 heteroatoms. The van der Waals surface area contributed by atoms with Gasteiger partial charge in [0, 0.05) is 47.9 Å². The Morgan fingerprint density at radius 3 is 1.90 bits per heavy atom. The van der Waals surface area contributed by atoms with Crippen molar-refractivity contribution in [3.05, 3.63) is 174 Å². The van der Waals surface area contributed by atoms with Crippen LogP contribution in [0.4, 0.5) is 17.1 Å². The molecule has 0 atom stereocenters. The molecule has 0 amide bonds. The SMILES string of the molecule is CC1(C)c2ccccc2-c2ccc(N(c3cccc(-c4cccc5sc6ccccc6c45)c3)c3cccc4c3-c3ccccc3C4(C)C)cc21. The zero-order valence-corrected chi connectivity index (χ0v) is 29.6.